The zero-order valence-electron chi connectivity index (χ0n) is 5.69. The van der Waals surface area contributed by atoms with Crippen LogP contribution in [0.3, 0.4) is 0 Å². The summed E-state index contributed by atoms with van der Waals surface area (Å²) in [7, 11) is 0. The van der Waals surface area contributed by atoms with Crippen molar-refractivity contribution < 1.29 is 4.79 Å². The maximum atomic E-state index is 11.0. The van der Waals surface area contributed by atoms with Crippen LogP contribution < -0.4 is 0 Å². The van der Waals surface area contributed by atoms with E-state index in [1.54, 1.807) is 0 Å². The molecule has 0 heterocycles. The fraction of sp³-hybridized carbons (Fsp3) is 0.625. The third kappa shape index (κ3) is 0.671. The molecule has 0 spiro atoms. The number of carbonyl (C=O) groups excluding carboxylic acids is 1. The molecule has 1 unspecified atom stereocenters. The molecule has 0 radical (unpaired) electrons. The van der Waals surface area contributed by atoms with Gasteiger partial charge < -0.3 is 0 Å². The van der Waals surface area contributed by atoms with Crippen molar-refractivity contribution in [1.29, 1.82) is 0 Å². The summed E-state index contributed by atoms with van der Waals surface area (Å²) in [6.07, 6.45) is 6.09. The summed E-state index contributed by atoms with van der Waals surface area (Å²) in [5, 5.41) is -0.128. The van der Waals surface area contributed by atoms with E-state index in [1.807, 2.05) is 0 Å². The minimum atomic E-state index is -0.156. The molecule has 0 N–H and O–H groups in total. The lowest BCUT2D eigenvalue weighted by Gasteiger charge is -2.19. The van der Waals surface area contributed by atoms with Crippen molar-refractivity contribution >= 4 is 16.8 Å². The third-order valence-electron chi connectivity index (χ3n) is 2.69. The van der Waals surface area contributed by atoms with E-state index in [-0.39, 0.29) is 10.7 Å². The smallest absolute Gasteiger partial charge is 0.228 e. The molecular weight excluding hydrogens is 148 g/mol. The van der Waals surface area contributed by atoms with Crippen molar-refractivity contribution in [3.8, 4) is 0 Å². The Bertz CT molecular complexity index is 219. The lowest BCUT2D eigenvalue weighted by atomic mass is 9.86. The van der Waals surface area contributed by atoms with Crippen LogP contribution in [0.1, 0.15) is 25.7 Å². The van der Waals surface area contributed by atoms with Crippen LogP contribution >= 0.6 is 11.6 Å². The van der Waals surface area contributed by atoms with Crippen LogP contribution in [0.4, 0.5) is 0 Å². The molecule has 1 atom stereocenters. The van der Waals surface area contributed by atoms with Crippen LogP contribution in [-0.4, -0.2) is 5.24 Å². The molecule has 54 valence electrons. The minimum Gasteiger partial charge on any atom is -0.281 e. The van der Waals surface area contributed by atoms with Crippen molar-refractivity contribution in [3.63, 3.8) is 0 Å². The van der Waals surface area contributed by atoms with Crippen molar-refractivity contribution in [2.45, 2.75) is 25.7 Å². The molecule has 2 aliphatic carbocycles. The Labute approximate surface area is 65.1 Å². The maximum absolute atomic E-state index is 11.0. The largest absolute Gasteiger partial charge is 0.281 e. The van der Waals surface area contributed by atoms with Crippen LogP contribution in [0.25, 0.3) is 0 Å². The topological polar surface area (TPSA) is 17.1 Å². The van der Waals surface area contributed by atoms with Gasteiger partial charge in [0.2, 0.25) is 5.24 Å². The van der Waals surface area contributed by atoms with Gasteiger partial charge in [-0.1, -0.05) is 11.6 Å². The fourth-order valence-corrected chi connectivity index (χ4v) is 2.19. The van der Waals surface area contributed by atoms with Gasteiger partial charge in [-0.3, -0.25) is 4.79 Å². The molecule has 2 heteroatoms. The molecule has 1 nitrogen and oxygen atoms in total. The fourth-order valence-electron chi connectivity index (χ4n) is 1.95. The quantitative estimate of drug-likeness (QED) is 0.421. The van der Waals surface area contributed by atoms with Crippen LogP contribution in [0.5, 0.6) is 0 Å². The molecule has 0 amide bonds. The predicted molar refractivity (Wildman–Crippen MR) is 39.8 cm³/mol. The first-order chi connectivity index (χ1) is 4.73. The summed E-state index contributed by atoms with van der Waals surface area (Å²) in [4.78, 5) is 11.0. The molecule has 1 saturated carbocycles. The van der Waals surface area contributed by atoms with E-state index in [0.29, 0.717) is 0 Å². The van der Waals surface area contributed by atoms with Gasteiger partial charge in [-0.25, -0.2) is 0 Å². The van der Waals surface area contributed by atoms with Crippen LogP contribution in [0, 0.1) is 5.41 Å². The highest BCUT2D eigenvalue weighted by Crippen LogP contribution is 2.51. The van der Waals surface area contributed by atoms with E-state index in [0.717, 1.165) is 25.7 Å². The first-order valence-corrected chi connectivity index (χ1v) is 3.99. The summed E-state index contributed by atoms with van der Waals surface area (Å²) < 4.78 is 0. The summed E-state index contributed by atoms with van der Waals surface area (Å²) in [6, 6.07) is 0. The Morgan fingerprint density at radius 1 is 1.70 bits per heavy atom. The predicted octanol–water partition coefficient (Wildman–Crippen LogP) is 2.25. The minimum absolute atomic E-state index is 0.128. The summed E-state index contributed by atoms with van der Waals surface area (Å²) >= 11 is 5.50. The molecule has 0 aromatic rings. The van der Waals surface area contributed by atoms with Crippen molar-refractivity contribution in [2.24, 2.45) is 5.41 Å². The zero-order valence-corrected chi connectivity index (χ0v) is 6.45. The Hall–Kier alpha value is -0.300. The summed E-state index contributed by atoms with van der Waals surface area (Å²) in [5.41, 5.74) is 1.28. The molecule has 0 saturated heterocycles. The van der Waals surface area contributed by atoms with Gasteiger partial charge in [0.05, 0.1) is 5.41 Å². The molecule has 2 rings (SSSR count). The SMILES string of the molecule is O=C(Cl)C12CC=C(CC1)C2. The average molecular weight is 157 g/mol. The van der Waals surface area contributed by atoms with Gasteiger partial charge in [0.25, 0.3) is 0 Å². The Kier molecular flexibility index (Phi) is 1.19. The van der Waals surface area contributed by atoms with Crippen molar-refractivity contribution in [1.82, 2.24) is 0 Å². The second-order valence-electron chi connectivity index (χ2n) is 3.30. The zero-order chi connectivity index (χ0) is 7.19. The number of fused-ring (bicyclic) bond motifs is 2. The molecule has 0 aromatic carbocycles. The van der Waals surface area contributed by atoms with Gasteiger partial charge in [0.15, 0.2) is 0 Å². The lowest BCUT2D eigenvalue weighted by molar-refractivity contribution is -0.119. The molecule has 0 aromatic heterocycles. The average Bonchev–Trinajstić information content (AvgIpc) is 2.45. The Morgan fingerprint density at radius 2 is 2.50 bits per heavy atom. The van der Waals surface area contributed by atoms with E-state index >= 15 is 0 Å². The monoisotopic (exact) mass is 156 g/mol. The molecule has 2 aliphatic rings. The van der Waals surface area contributed by atoms with E-state index in [1.165, 1.54) is 5.57 Å². The Balaban J connectivity index is 2.29. The van der Waals surface area contributed by atoms with Crippen LogP contribution in [-0.2, 0) is 4.79 Å². The molecule has 10 heavy (non-hydrogen) atoms. The van der Waals surface area contributed by atoms with Crippen molar-refractivity contribution in [2.75, 3.05) is 0 Å². The van der Waals surface area contributed by atoms with Gasteiger partial charge in [-0.2, -0.15) is 0 Å². The van der Waals surface area contributed by atoms with Crippen LogP contribution in [0.2, 0.25) is 0 Å². The van der Waals surface area contributed by atoms with Gasteiger partial charge in [-0.05, 0) is 37.3 Å². The first-order valence-electron chi connectivity index (χ1n) is 3.61. The number of carbonyl (C=O) groups is 1. The maximum Gasteiger partial charge on any atom is 0.228 e. The number of rotatable bonds is 1. The normalized spacial score (nSPS) is 36.3. The number of hydrogen-bond donors (Lipinski definition) is 0. The van der Waals surface area contributed by atoms with Gasteiger partial charge >= 0.3 is 0 Å². The molecule has 2 bridgehead atoms. The van der Waals surface area contributed by atoms with Crippen LogP contribution in [0.15, 0.2) is 11.6 Å². The number of halogens is 1. The second-order valence-corrected chi connectivity index (χ2v) is 3.64. The van der Waals surface area contributed by atoms with Gasteiger partial charge in [0, 0.05) is 0 Å². The van der Waals surface area contributed by atoms with Gasteiger partial charge in [-0.15, -0.1) is 0 Å². The summed E-state index contributed by atoms with van der Waals surface area (Å²) in [6.45, 7) is 0. The first kappa shape index (κ1) is 6.41. The van der Waals surface area contributed by atoms with E-state index in [2.05, 4.69) is 6.08 Å². The Morgan fingerprint density at radius 3 is 2.70 bits per heavy atom. The van der Waals surface area contributed by atoms with Crippen molar-refractivity contribution in [3.05, 3.63) is 11.6 Å². The lowest BCUT2D eigenvalue weighted by Crippen LogP contribution is -2.21. The van der Waals surface area contributed by atoms with E-state index in [4.69, 9.17) is 11.6 Å². The highest BCUT2D eigenvalue weighted by atomic mass is 35.5. The van der Waals surface area contributed by atoms with E-state index < -0.39 is 0 Å². The number of hydrogen-bond acceptors (Lipinski definition) is 1. The van der Waals surface area contributed by atoms with Gasteiger partial charge in [0.1, 0.15) is 0 Å². The summed E-state index contributed by atoms with van der Waals surface area (Å²) in [5.74, 6) is 0. The molecule has 1 fully saturated rings. The standard InChI is InChI=1S/C8H9ClO/c9-7(10)8-3-1-6(5-8)2-4-8/h1H,2-5H2. The van der Waals surface area contributed by atoms with E-state index in [9.17, 15) is 4.79 Å². The molecular formula is C8H9ClO. The second kappa shape index (κ2) is 1.85. The third-order valence-corrected chi connectivity index (χ3v) is 3.09. The highest BCUT2D eigenvalue weighted by molar-refractivity contribution is 6.64. The molecule has 0 aliphatic heterocycles. The number of allylic oxidation sites excluding steroid dienone is 2. The highest BCUT2D eigenvalue weighted by Gasteiger charge is 2.44.